The number of benzene rings is 2. The fourth-order valence-corrected chi connectivity index (χ4v) is 2.53. The minimum absolute atomic E-state index is 0.359. The first-order valence-corrected chi connectivity index (χ1v) is 7.46. The smallest absolute Gasteiger partial charge is 0.308 e. The molecule has 0 saturated heterocycles. The SMILES string of the molecule is COc1ccc(-c2conc2-c2cc(C)cc(OC(C)=O)c2)cc1. The monoisotopic (exact) mass is 323 g/mol. The number of rotatable bonds is 4. The molecule has 0 unspecified atom stereocenters. The van der Waals surface area contributed by atoms with E-state index in [0.29, 0.717) is 11.4 Å². The molecule has 0 bridgehead atoms. The van der Waals surface area contributed by atoms with Crippen LogP contribution in [0.4, 0.5) is 0 Å². The van der Waals surface area contributed by atoms with Gasteiger partial charge in [-0.2, -0.15) is 0 Å². The van der Waals surface area contributed by atoms with E-state index >= 15 is 0 Å². The summed E-state index contributed by atoms with van der Waals surface area (Å²) in [7, 11) is 1.63. The molecule has 0 atom stereocenters. The van der Waals surface area contributed by atoms with Gasteiger partial charge in [0.2, 0.25) is 0 Å². The Labute approximate surface area is 139 Å². The molecule has 24 heavy (non-hydrogen) atoms. The fourth-order valence-electron chi connectivity index (χ4n) is 2.53. The topological polar surface area (TPSA) is 61.6 Å². The lowest BCUT2D eigenvalue weighted by Crippen LogP contribution is -2.01. The number of ether oxygens (including phenoxy) is 2. The number of hydrogen-bond donors (Lipinski definition) is 0. The Kier molecular flexibility index (Phi) is 4.33. The summed E-state index contributed by atoms with van der Waals surface area (Å²) < 4.78 is 15.6. The van der Waals surface area contributed by atoms with Crippen LogP contribution in [0.2, 0.25) is 0 Å². The maximum absolute atomic E-state index is 11.2. The maximum Gasteiger partial charge on any atom is 0.308 e. The van der Waals surface area contributed by atoms with Gasteiger partial charge in [0.1, 0.15) is 23.5 Å². The van der Waals surface area contributed by atoms with Crippen LogP contribution in [0, 0.1) is 6.92 Å². The highest BCUT2D eigenvalue weighted by atomic mass is 16.5. The van der Waals surface area contributed by atoms with E-state index in [9.17, 15) is 4.79 Å². The number of carbonyl (C=O) groups is 1. The fraction of sp³-hybridized carbons (Fsp3) is 0.158. The van der Waals surface area contributed by atoms with Crippen LogP contribution < -0.4 is 9.47 Å². The van der Waals surface area contributed by atoms with Crippen LogP contribution in [0.1, 0.15) is 12.5 Å². The van der Waals surface area contributed by atoms with Gasteiger partial charge < -0.3 is 14.0 Å². The van der Waals surface area contributed by atoms with Gasteiger partial charge in [-0.25, -0.2) is 0 Å². The van der Waals surface area contributed by atoms with Crippen LogP contribution in [0.15, 0.2) is 53.3 Å². The molecule has 0 aliphatic heterocycles. The van der Waals surface area contributed by atoms with E-state index in [0.717, 1.165) is 28.0 Å². The van der Waals surface area contributed by atoms with Crippen molar-refractivity contribution in [2.75, 3.05) is 7.11 Å². The summed E-state index contributed by atoms with van der Waals surface area (Å²) in [6, 6.07) is 13.2. The van der Waals surface area contributed by atoms with E-state index < -0.39 is 0 Å². The largest absolute Gasteiger partial charge is 0.497 e. The van der Waals surface area contributed by atoms with Gasteiger partial charge in [-0.1, -0.05) is 17.3 Å². The number of carbonyl (C=O) groups excluding carboxylic acids is 1. The van der Waals surface area contributed by atoms with E-state index in [2.05, 4.69) is 5.16 Å². The molecule has 1 heterocycles. The zero-order valence-electron chi connectivity index (χ0n) is 13.7. The van der Waals surface area contributed by atoms with Crippen molar-refractivity contribution in [3.8, 4) is 33.9 Å². The summed E-state index contributed by atoms with van der Waals surface area (Å²) in [5.41, 5.74) is 4.30. The second-order valence-corrected chi connectivity index (χ2v) is 5.43. The molecule has 122 valence electrons. The summed E-state index contributed by atoms with van der Waals surface area (Å²) >= 11 is 0. The lowest BCUT2D eigenvalue weighted by atomic mass is 10.0. The first-order chi connectivity index (χ1) is 11.6. The number of aromatic nitrogens is 1. The summed E-state index contributed by atoms with van der Waals surface area (Å²) in [5, 5.41) is 4.12. The van der Waals surface area contributed by atoms with Crippen LogP contribution in [0.3, 0.4) is 0 Å². The van der Waals surface area contributed by atoms with Gasteiger partial charge in [0.15, 0.2) is 0 Å². The van der Waals surface area contributed by atoms with Crippen molar-refractivity contribution >= 4 is 5.97 Å². The predicted octanol–water partition coefficient (Wildman–Crippen LogP) is 4.25. The highest BCUT2D eigenvalue weighted by Gasteiger charge is 2.14. The Morgan fingerprint density at radius 3 is 2.46 bits per heavy atom. The third-order valence-corrected chi connectivity index (χ3v) is 3.56. The van der Waals surface area contributed by atoms with Gasteiger partial charge in [0.25, 0.3) is 0 Å². The van der Waals surface area contributed by atoms with E-state index in [1.807, 2.05) is 37.3 Å². The zero-order chi connectivity index (χ0) is 17.1. The van der Waals surface area contributed by atoms with Gasteiger partial charge in [0, 0.05) is 18.1 Å². The van der Waals surface area contributed by atoms with Crippen LogP contribution in [0.25, 0.3) is 22.4 Å². The summed E-state index contributed by atoms with van der Waals surface area (Å²) in [4.78, 5) is 11.2. The van der Waals surface area contributed by atoms with E-state index in [1.54, 1.807) is 25.5 Å². The first kappa shape index (κ1) is 15.8. The van der Waals surface area contributed by atoms with Crippen LogP contribution in [0.5, 0.6) is 11.5 Å². The van der Waals surface area contributed by atoms with Crippen molar-refractivity contribution in [1.82, 2.24) is 5.16 Å². The quantitative estimate of drug-likeness (QED) is 0.530. The third kappa shape index (κ3) is 3.30. The molecule has 1 aromatic heterocycles. The standard InChI is InChI=1S/C19H17NO4/c1-12-8-15(10-17(9-12)24-13(2)21)19-18(11-23-20-19)14-4-6-16(22-3)7-5-14/h4-11H,1-3H3. The Balaban J connectivity index is 2.03. The number of nitrogens with zero attached hydrogens (tertiary/aromatic N) is 1. The predicted molar refractivity (Wildman–Crippen MR) is 90.0 cm³/mol. The Morgan fingerprint density at radius 2 is 1.79 bits per heavy atom. The molecule has 3 aromatic rings. The summed E-state index contributed by atoms with van der Waals surface area (Å²) in [6.07, 6.45) is 1.60. The molecule has 5 nitrogen and oxygen atoms in total. The second-order valence-electron chi connectivity index (χ2n) is 5.43. The van der Waals surface area contributed by atoms with Crippen LogP contribution in [-0.2, 0) is 4.79 Å². The molecule has 0 aliphatic rings. The minimum Gasteiger partial charge on any atom is -0.497 e. The van der Waals surface area contributed by atoms with Crippen molar-refractivity contribution in [2.24, 2.45) is 0 Å². The van der Waals surface area contributed by atoms with Gasteiger partial charge in [-0.15, -0.1) is 0 Å². The molecule has 0 fully saturated rings. The third-order valence-electron chi connectivity index (χ3n) is 3.56. The summed E-state index contributed by atoms with van der Waals surface area (Å²) in [5.74, 6) is 0.910. The van der Waals surface area contributed by atoms with Gasteiger partial charge in [0.05, 0.1) is 7.11 Å². The van der Waals surface area contributed by atoms with E-state index in [4.69, 9.17) is 14.0 Å². The van der Waals surface area contributed by atoms with Gasteiger partial charge >= 0.3 is 5.97 Å². The Hall–Kier alpha value is -3.08. The molecule has 0 saturated carbocycles. The second kappa shape index (κ2) is 6.58. The lowest BCUT2D eigenvalue weighted by molar-refractivity contribution is -0.131. The van der Waals surface area contributed by atoms with Gasteiger partial charge in [-0.3, -0.25) is 4.79 Å². The summed E-state index contributed by atoms with van der Waals surface area (Å²) in [6.45, 7) is 3.31. The van der Waals surface area contributed by atoms with Crippen molar-refractivity contribution < 1.29 is 18.8 Å². The minimum atomic E-state index is -0.359. The molecule has 0 spiro atoms. The molecule has 0 radical (unpaired) electrons. The molecule has 0 N–H and O–H groups in total. The van der Waals surface area contributed by atoms with Crippen molar-refractivity contribution in [3.63, 3.8) is 0 Å². The average molecular weight is 323 g/mol. The molecule has 5 heteroatoms. The first-order valence-electron chi connectivity index (χ1n) is 7.46. The highest BCUT2D eigenvalue weighted by Crippen LogP contribution is 2.34. The number of aryl methyl sites for hydroxylation is 1. The number of hydrogen-bond acceptors (Lipinski definition) is 5. The molecule has 3 rings (SSSR count). The lowest BCUT2D eigenvalue weighted by Gasteiger charge is -2.07. The molecular weight excluding hydrogens is 306 g/mol. The average Bonchev–Trinajstić information content (AvgIpc) is 3.03. The number of methoxy groups -OCH3 is 1. The zero-order valence-corrected chi connectivity index (χ0v) is 13.7. The van der Waals surface area contributed by atoms with Crippen molar-refractivity contribution in [2.45, 2.75) is 13.8 Å². The maximum atomic E-state index is 11.2. The Bertz CT molecular complexity index is 865. The Morgan fingerprint density at radius 1 is 1.04 bits per heavy atom. The highest BCUT2D eigenvalue weighted by molar-refractivity contribution is 5.81. The van der Waals surface area contributed by atoms with E-state index in [1.165, 1.54) is 6.92 Å². The van der Waals surface area contributed by atoms with Crippen LogP contribution >= 0.6 is 0 Å². The van der Waals surface area contributed by atoms with Gasteiger partial charge in [-0.05, 0) is 48.4 Å². The van der Waals surface area contributed by atoms with Crippen LogP contribution in [-0.4, -0.2) is 18.2 Å². The van der Waals surface area contributed by atoms with E-state index in [-0.39, 0.29) is 5.97 Å². The van der Waals surface area contributed by atoms with Crippen molar-refractivity contribution in [1.29, 1.82) is 0 Å². The normalized spacial score (nSPS) is 10.5. The van der Waals surface area contributed by atoms with Crippen molar-refractivity contribution in [3.05, 3.63) is 54.3 Å². The molecule has 0 aliphatic carbocycles. The molecule has 2 aromatic carbocycles. The number of esters is 1. The molecule has 0 amide bonds. The molecular formula is C19H17NO4.